The van der Waals surface area contributed by atoms with E-state index in [4.69, 9.17) is 22.4 Å². The van der Waals surface area contributed by atoms with Gasteiger partial charge in [0, 0.05) is 31.1 Å². The van der Waals surface area contributed by atoms with Crippen LogP contribution in [0.15, 0.2) is 29.1 Å². The Bertz CT molecular complexity index is 1130. The number of rotatable bonds is 3. The Balaban J connectivity index is 1.36. The second-order valence-corrected chi connectivity index (χ2v) is 9.65. The molecule has 8 heteroatoms. The van der Waals surface area contributed by atoms with E-state index in [9.17, 15) is 4.79 Å². The van der Waals surface area contributed by atoms with Gasteiger partial charge in [-0.05, 0) is 43.4 Å². The lowest BCUT2D eigenvalue weighted by atomic mass is 10.1. The highest BCUT2D eigenvalue weighted by Gasteiger charge is 2.23. The number of fused-ring (bicyclic) bond motifs is 3. The van der Waals surface area contributed by atoms with Crippen LogP contribution in [-0.4, -0.2) is 40.7 Å². The number of anilines is 1. The molecule has 0 bridgehead atoms. The summed E-state index contributed by atoms with van der Waals surface area (Å²) in [5.41, 5.74) is 2.18. The molecular weight excluding hydrogens is 418 g/mol. The number of piperazine rings is 1. The molecule has 0 unspecified atom stereocenters. The SMILES string of the molecule is Nn1c(CN2CCN(c3ccccc3Cl)CC2)nc2sc3c(c2c1=O)CCCCC3. The first kappa shape index (κ1) is 19.8. The van der Waals surface area contributed by atoms with Crippen molar-refractivity contribution < 1.29 is 0 Å². The predicted molar refractivity (Wildman–Crippen MR) is 124 cm³/mol. The van der Waals surface area contributed by atoms with Crippen molar-refractivity contribution in [2.24, 2.45) is 0 Å². The summed E-state index contributed by atoms with van der Waals surface area (Å²) in [5.74, 6) is 6.88. The fourth-order valence-electron chi connectivity index (χ4n) is 4.60. The Hall–Kier alpha value is -2.09. The first-order chi connectivity index (χ1) is 14.6. The van der Waals surface area contributed by atoms with Gasteiger partial charge >= 0.3 is 0 Å². The highest BCUT2D eigenvalue weighted by molar-refractivity contribution is 7.18. The van der Waals surface area contributed by atoms with Crippen LogP contribution in [0, 0.1) is 0 Å². The lowest BCUT2D eigenvalue weighted by Gasteiger charge is -2.36. The summed E-state index contributed by atoms with van der Waals surface area (Å²) >= 11 is 8.04. The van der Waals surface area contributed by atoms with Gasteiger partial charge in [-0.25, -0.2) is 9.66 Å². The van der Waals surface area contributed by atoms with E-state index in [-0.39, 0.29) is 5.56 Å². The number of nitrogens with two attached hydrogens (primary N) is 1. The minimum atomic E-state index is -0.0934. The number of hydrogen-bond acceptors (Lipinski definition) is 6. The monoisotopic (exact) mass is 443 g/mol. The number of aryl methyl sites for hydroxylation is 2. The maximum absolute atomic E-state index is 13.1. The highest BCUT2D eigenvalue weighted by atomic mass is 35.5. The van der Waals surface area contributed by atoms with Crippen molar-refractivity contribution >= 4 is 38.8 Å². The minimum Gasteiger partial charge on any atom is -0.368 e. The molecule has 158 valence electrons. The fourth-order valence-corrected chi connectivity index (χ4v) is 6.13. The lowest BCUT2D eigenvalue weighted by molar-refractivity contribution is 0.241. The van der Waals surface area contributed by atoms with Crippen molar-refractivity contribution in [1.29, 1.82) is 0 Å². The largest absolute Gasteiger partial charge is 0.368 e. The summed E-state index contributed by atoms with van der Waals surface area (Å²) in [6.45, 7) is 4.10. The van der Waals surface area contributed by atoms with Crippen LogP contribution in [-0.2, 0) is 19.4 Å². The number of nitrogens with zero attached hydrogens (tertiary/aromatic N) is 4. The van der Waals surface area contributed by atoms with Crippen molar-refractivity contribution in [1.82, 2.24) is 14.6 Å². The highest BCUT2D eigenvalue weighted by Crippen LogP contribution is 2.33. The molecule has 5 rings (SSSR count). The molecule has 2 aliphatic rings. The average Bonchev–Trinajstić information content (AvgIpc) is 2.94. The van der Waals surface area contributed by atoms with Gasteiger partial charge in [-0.1, -0.05) is 30.2 Å². The van der Waals surface area contributed by atoms with Crippen LogP contribution in [0.25, 0.3) is 10.2 Å². The van der Waals surface area contributed by atoms with Crippen LogP contribution in [0.5, 0.6) is 0 Å². The smallest absolute Gasteiger partial charge is 0.280 e. The van der Waals surface area contributed by atoms with E-state index in [0.717, 1.165) is 66.4 Å². The van der Waals surface area contributed by atoms with Crippen LogP contribution < -0.4 is 16.3 Å². The molecule has 0 spiro atoms. The molecule has 1 saturated heterocycles. The predicted octanol–water partition coefficient (Wildman–Crippen LogP) is 3.42. The second kappa shape index (κ2) is 8.21. The van der Waals surface area contributed by atoms with Gasteiger partial charge in [-0.15, -0.1) is 11.3 Å². The maximum Gasteiger partial charge on any atom is 0.280 e. The standard InChI is InChI=1S/C22H26ClN5OS/c23-16-7-4-5-8-17(16)27-12-10-26(11-13-27)14-19-25-21-20(22(29)28(19)24)15-6-2-1-3-9-18(15)30-21/h4-5,7-8H,1-3,6,9-14,24H2. The third-order valence-corrected chi connectivity index (χ3v) is 7.78. The summed E-state index contributed by atoms with van der Waals surface area (Å²) in [6, 6.07) is 7.96. The number of nitrogen functional groups attached to an aromatic ring is 1. The van der Waals surface area contributed by atoms with Crippen molar-refractivity contribution in [3.63, 3.8) is 0 Å². The van der Waals surface area contributed by atoms with Crippen LogP contribution in [0.2, 0.25) is 5.02 Å². The number of para-hydroxylation sites is 1. The average molecular weight is 444 g/mol. The molecule has 1 aliphatic heterocycles. The molecule has 1 aromatic carbocycles. The van der Waals surface area contributed by atoms with Gasteiger partial charge in [-0.3, -0.25) is 9.69 Å². The zero-order chi connectivity index (χ0) is 20.7. The summed E-state index contributed by atoms with van der Waals surface area (Å²) in [4.78, 5) is 24.7. The number of aromatic nitrogens is 2. The summed E-state index contributed by atoms with van der Waals surface area (Å²) in [5, 5.41) is 1.54. The van der Waals surface area contributed by atoms with Crippen LogP contribution >= 0.6 is 22.9 Å². The van der Waals surface area contributed by atoms with Gasteiger partial charge in [-0.2, -0.15) is 0 Å². The van der Waals surface area contributed by atoms with E-state index in [1.165, 1.54) is 28.0 Å². The van der Waals surface area contributed by atoms with E-state index >= 15 is 0 Å². The molecule has 3 heterocycles. The molecule has 1 aliphatic carbocycles. The van der Waals surface area contributed by atoms with Crippen LogP contribution in [0.4, 0.5) is 5.69 Å². The van der Waals surface area contributed by atoms with Crippen LogP contribution in [0.3, 0.4) is 0 Å². The second-order valence-electron chi connectivity index (χ2n) is 8.16. The zero-order valence-electron chi connectivity index (χ0n) is 16.9. The van der Waals surface area contributed by atoms with Crippen molar-refractivity contribution in [2.45, 2.75) is 38.6 Å². The van der Waals surface area contributed by atoms with Gasteiger partial charge in [0.1, 0.15) is 10.7 Å². The molecule has 2 aromatic heterocycles. The molecular formula is C22H26ClN5OS. The first-order valence-corrected chi connectivity index (χ1v) is 11.8. The molecule has 0 atom stereocenters. The van der Waals surface area contributed by atoms with Crippen molar-refractivity contribution in [3.05, 3.63) is 55.9 Å². The fraction of sp³-hybridized carbons (Fsp3) is 0.455. The van der Waals surface area contributed by atoms with Gasteiger partial charge in [0.15, 0.2) is 0 Å². The van der Waals surface area contributed by atoms with Gasteiger partial charge < -0.3 is 10.7 Å². The van der Waals surface area contributed by atoms with Gasteiger partial charge in [0.25, 0.3) is 5.56 Å². The number of benzene rings is 1. The summed E-state index contributed by atoms with van der Waals surface area (Å²) in [6.07, 6.45) is 5.58. The molecule has 30 heavy (non-hydrogen) atoms. The van der Waals surface area contributed by atoms with E-state index < -0.39 is 0 Å². The normalized spacial score (nSPS) is 17.8. The minimum absolute atomic E-state index is 0.0934. The number of hydrogen-bond donors (Lipinski definition) is 1. The third kappa shape index (κ3) is 3.59. The van der Waals surface area contributed by atoms with Crippen molar-refractivity contribution in [3.8, 4) is 0 Å². The Morgan fingerprint density at radius 1 is 1.07 bits per heavy atom. The van der Waals surface area contributed by atoms with Gasteiger partial charge in [0.2, 0.25) is 0 Å². The quantitative estimate of drug-likeness (QED) is 0.496. The zero-order valence-corrected chi connectivity index (χ0v) is 18.5. The molecule has 2 N–H and O–H groups in total. The van der Waals surface area contributed by atoms with Crippen LogP contribution in [0.1, 0.15) is 35.5 Å². The Labute approximate surface area is 184 Å². The number of thiophene rings is 1. The summed E-state index contributed by atoms with van der Waals surface area (Å²) in [7, 11) is 0. The third-order valence-electron chi connectivity index (χ3n) is 6.27. The molecule has 0 amide bonds. The van der Waals surface area contributed by atoms with E-state index in [1.54, 1.807) is 11.3 Å². The van der Waals surface area contributed by atoms with E-state index in [1.807, 2.05) is 18.2 Å². The van der Waals surface area contributed by atoms with Crippen molar-refractivity contribution in [2.75, 3.05) is 36.9 Å². The Morgan fingerprint density at radius 2 is 1.83 bits per heavy atom. The molecule has 0 radical (unpaired) electrons. The van der Waals surface area contributed by atoms with Gasteiger partial charge in [0.05, 0.1) is 22.6 Å². The first-order valence-electron chi connectivity index (χ1n) is 10.6. The Kier molecular flexibility index (Phi) is 5.43. The maximum atomic E-state index is 13.1. The molecule has 3 aromatic rings. The topological polar surface area (TPSA) is 67.4 Å². The van der Waals surface area contributed by atoms with E-state index in [0.29, 0.717) is 12.4 Å². The molecule has 0 saturated carbocycles. The summed E-state index contributed by atoms with van der Waals surface area (Å²) < 4.78 is 1.28. The Morgan fingerprint density at radius 3 is 2.63 bits per heavy atom. The molecule has 6 nitrogen and oxygen atoms in total. The lowest BCUT2D eigenvalue weighted by Crippen LogP contribution is -2.47. The number of halogens is 1. The van der Waals surface area contributed by atoms with E-state index in [2.05, 4.69) is 15.9 Å². The molecule has 1 fully saturated rings.